The van der Waals surface area contributed by atoms with Crippen LogP contribution in [0.5, 0.6) is 0 Å². The van der Waals surface area contributed by atoms with Gasteiger partial charge >= 0.3 is 12.1 Å². The summed E-state index contributed by atoms with van der Waals surface area (Å²) in [7, 11) is 0. The number of carbonyl (C=O) groups excluding carboxylic acids is 1. The quantitative estimate of drug-likeness (QED) is 0.406. The molecular formula is C14H15F5O. The summed E-state index contributed by atoms with van der Waals surface area (Å²) in [6, 6.07) is 4.20. The van der Waals surface area contributed by atoms with E-state index in [9.17, 15) is 26.7 Å². The Morgan fingerprint density at radius 3 is 2.00 bits per heavy atom. The van der Waals surface area contributed by atoms with Crippen molar-refractivity contribution in [3.63, 3.8) is 0 Å². The lowest BCUT2D eigenvalue weighted by atomic mass is 10.0. The lowest BCUT2D eigenvalue weighted by Crippen LogP contribution is -2.33. The van der Waals surface area contributed by atoms with Crippen molar-refractivity contribution in [3.05, 3.63) is 35.4 Å². The molecule has 0 atom stereocenters. The highest BCUT2D eigenvalue weighted by atomic mass is 19.4. The molecule has 20 heavy (non-hydrogen) atoms. The minimum absolute atomic E-state index is 0.483. The second kappa shape index (κ2) is 6.81. The predicted octanol–water partition coefficient (Wildman–Crippen LogP) is 4.64. The first-order valence-corrected chi connectivity index (χ1v) is 6.26. The third-order valence-electron chi connectivity index (χ3n) is 2.96. The molecule has 0 heterocycles. The van der Waals surface area contributed by atoms with Crippen LogP contribution in [0.25, 0.3) is 0 Å². The molecule has 0 N–H and O–H groups in total. The fourth-order valence-corrected chi connectivity index (χ4v) is 1.78. The second-order valence-electron chi connectivity index (χ2n) is 4.54. The Balaban J connectivity index is 2.58. The maximum absolute atomic E-state index is 13.0. The molecule has 0 unspecified atom stereocenters. The average Bonchev–Trinajstić information content (AvgIpc) is 2.38. The zero-order chi connectivity index (χ0) is 15.2. The third-order valence-corrected chi connectivity index (χ3v) is 2.96. The summed E-state index contributed by atoms with van der Waals surface area (Å²) in [5.41, 5.74) is -0.340. The van der Waals surface area contributed by atoms with Crippen molar-refractivity contribution in [3.8, 4) is 0 Å². The number of benzene rings is 1. The number of hydrogen-bond donors (Lipinski definition) is 0. The van der Waals surface area contributed by atoms with Gasteiger partial charge in [0.25, 0.3) is 0 Å². The van der Waals surface area contributed by atoms with Gasteiger partial charge in [0.15, 0.2) is 0 Å². The second-order valence-corrected chi connectivity index (χ2v) is 4.54. The van der Waals surface area contributed by atoms with Crippen molar-refractivity contribution in [1.29, 1.82) is 0 Å². The standard InChI is InChI=1S/C14H15F5O/c15-13(16,14(17,18)19)12-8-6-11(7-9-12)5-3-1-2-4-10-20/h6-10H,1-5H2. The summed E-state index contributed by atoms with van der Waals surface area (Å²) in [6.45, 7) is 0. The van der Waals surface area contributed by atoms with Gasteiger partial charge in [0.2, 0.25) is 0 Å². The van der Waals surface area contributed by atoms with E-state index in [0.29, 0.717) is 18.4 Å². The predicted molar refractivity (Wildman–Crippen MR) is 64.6 cm³/mol. The molecule has 0 bridgehead atoms. The van der Waals surface area contributed by atoms with Gasteiger partial charge in [-0.15, -0.1) is 0 Å². The molecule has 6 heteroatoms. The lowest BCUT2D eigenvalue weighted by Gasteiger charge is -2.20. The van der Waals surface area contributed by atoms with E-state index >= 15 is 0 Å². The van der Waals surface area contributed by atoms with Crippen LogP contribution < -0.4 is 0 Å². The molecular weight excluding hydrogens is 279 g/mol. The molecule has 112 valence electrons. The van der Waals surface area contributed by atoms with Crippen LogP contribution in [0.1, 0.15) is 36.8 Å². The van der Waals surface area contributed by atoms with Gasteiger partial charge in [0.05, 0.1) is 0 Å². The molecule has 0 amide bonds. The Labute approximate surface area is 113 Å². The Kier molecular flexibility index (Phi) is 5.65. The van der Waals surface area contributed by atoms with E-state index in [-0.39, 0.29) is 0 Å². The van der Waals surface area contributed by atoms with E-state index < -0.39 is 17.7 Å². The van der Waals surface area contributed by atoms with E-state index in [1.165, 1.54) is 12.1 Å². The smallest absolute Gasteiger partial charge is 0.303 e. The molecule has 0 saturated carbocycles. The van der Waals surface area contributed by atoms with Crippen LogP contribution in [0, 0.1) is 0 Å². The largest absolute Gasteiger partial charge is 0.458 e. The Bertz CT molecular complexity index is 422. The van der Waals surface area contributed by atoms with Crippen LogP contribution in [0.3, 0.4) is 0 Å². The number of rotatable bonds is 7. The molecule has 0 aliphatic rings. The van der Waals surface area contributed by atoms with Gasteiger partial charge in [0.1, 0.15) is 6.29 Å². The van der Waals surface area contributed by atoms with Gasteiger partial charge in [0, 0.05) is 12.0 Å². The third kappa shape index (κ3) is 4.28. The number of carbonyl (C=O) groups is 1. The van der Waals surface area contributed by atoms with Gasteiger partial charge in [-0.25, -0.2) is 0 Å². The van der Waals surface area contributed by atoms with E-state index in [0.717, 1.165) is 37.7 Å². The van der Waals surface area contributed by atoms with Crippen LogP contribution in [0.2, 0.25) is 0 Å². The highest BCUT2D eigenvalue weighted by Gasteiger charge is 2.58. The van der Waals surface area contributed by atoms with Gasteiger partial charge in [-0.2, -0.15) is 22.0 Å². The monoisotopic (exact) mass is 294 g/mol. The summed E-state index contributed by atoms with van der Waals surface area (Å²) in [5, 5.41) is 0. The summed E-state index contributed by atoms with van der Waals surface area (Å²) in [5.74, 6) is -4.82. The molecule has 0 radical (unpaired) electrons. The Morgan fingerprint density at radius 1 is 0.900 bits per heavy atom. The first-order chi connectivity index (χ1) is 9.29. The van der Waals surface area contributed by atoms with Crippen molar-refractivity contribution >= 4 is 6.29 Å². The fraction of sp³-hybridized carbons (Fsp3) is 0.500. The Morgan fingerprint density at radius 2 is 1.50 bits per heavy atom. The SMILES string of the molecule is O=CCCCCCc1ccc(C(F)(F)C(F)(F)F)cc1. The highest BCUT2D eigenvalue weighted by molar-refractivity contribution is 5.48. The summed E-state index contributed by atoms with van der Waals surface area (Å²) < 4.78 is 62.5. The number of alkyl halides is 5. The number of unbranched alkanes of at least 4 members (excludes halogenated alkanes) is 3. The molecule has 1 aromatic carbocycles. The maximum atomic E-state index is 13.0. The van der Waals surface area contributed by atoms with Crippen LogP contribution in [-0.4, -0.2) is 12.5 Å². The van der Waals surface area contributed by atoms with Gasteiger partial charge in [-0.05, 0) is 24.8 Å². The van der Waals surface area contributed by atoms with E-state index in [2.05, 4.69) is 0 Å². The zero-order valence-electron chi connectivity index (χ0n) is 10.7. The van der Waals surface area contributed by atoms with E-state index in [4.69, 9.17) is 0 Å². The number of aryl methyl sites for hydroxylation is 1. The number of hydrogen-bond acceptors (Lipinski definition) is 1. The van der Waals surface area contributed by atoms with Crippen LogP contribution in [0.15, 0.2) is 24.3 Å². The molecule has 1 nitrogen and oxygen atoms in total. The average molecular weight is 294 g/mol. The topological polar surface area (TPSA) is 17.1 Å². The van der Waals surface area contributed by atoms with Crippen LogP contribution in [-0.2, 0) is 17.1 Å². The van der Waals surface area contributed by atoms with Crippen molar-refractivity contribution in [2.24, 2.45) is 0 Å². The van der Waals surface area contributed by atoms with E-state index in [1.54, 1.807) is 0 Å². The lowest BCUT2D eigenvalue weighted by molar-refractivity contribution is -0.289. The maximum Gasteiger partial charge on any atom is 0.458 e. The minimum atomic E-state index is -5.58. The fourth-order valence-electron chi connectivity index (χ4n) is 1.78. The van der Waals surface area contributed by atoms with Crippen LogP contribution >= 0.6 is 0 Å². The first-order valence-electron chi connectivity index (χ1n) is 6.26. The molecule has 0 aliphatic carbocycles. The minimum Gasteiger partial charge on any atom is -0.303 e. The molecule has 0 spiro atoms. The van der Waals surface area contributed by atoms with Crippen molar-refractivity contribution in [1.82, 2.24) is 0 Å². The van der Waals surface area contributed by atoms with Crippen molar-refractivity contribution in [2.45, 2.75) is 44.2 Å². The van der Waals surface area contributed by atoms with Gasteiger partial charge in [-0.1, -0.05) is 30.7 Å². The summed E-state index contributed by atoms with van der Waals surface area (Å²) >= 11 is 0. The van der Waals surface area contributed by atoms with Crippen molar-refractivity contribution in [2.75, 3.05) is 0 Å². The molecule has 0 fully saturated rings. The summed E-state index contributed by atoms with van der Waals surface area (Å²) in [6.07, 6.45) is -1.33. The van der Waals surface area contributed by atoms with Crippen LogP contribution in [0.4, 0.5) is 22.0 Å². The molecule has 0 aromatic heterocycles. The number of halogens is 5. The van der Waals surface area contributed by atoms with E-state index in [1.807, 2.05) is 0 Å². The number of aldehydes is 1. The molecule has 0 aliphatic heterocycles. The zero-order valence-corrected chi connectivity index (χ0v) is 10.7. The van der Waals surface area contributed by atoms with Gasteiger partial charge in [-0.3, -0.25) is 0 Å². The summed E-state index contributed by atoms with van der Waals surface area (Å²) in [4.78, 5) is 10.1. The highest BCUT2D eigenvalue weighted by Crippen LogP contribution is 2.43. The molecule has 0 saturated heterocycles. The normalized spacial score (nSPS) is 12.4. The first kappa shape index (κ1) is 16.6. The van der Waals surface area contributed by atoms with Crippen molar-refractivity contribution < 1.29 is 26.7 Å². The van der Waals surface area contributed by atoms with Gasteiger partial charge < -0.3 is 4.79 Å². The molecule has 1 rings (SSSR count). The Hall–Kier alpha value is -1.46. The molecule has 1 aromatic rings.